The lowest BCUT2D eigenvalue weighted by Crippen LogP contribution is -2.44. The van der Waals surface area contributed by atoms with Gasteiger partial charge >= 0.3 is 0 Å². The van der Waals surface area contributed by atoms with Crippen LogP contribution in [0, 0.1) is 0 Å². The molecule has 1 aliphatic heterocycles. The topological polar surface area (TPSA) is 66.5 Å². The van der Waals surface area contributed by atoms with E-state index in [0.717, 1.165) is 25.7 Å². The molecule has 1 N–H and O–H groups in total. The second-order valence-electron chi connectivity index (χ2n) is 5.51. The van der Waals surface area contributed by atoms with Crippen molar-refractivity contribution in [2.75, 3.05) is 12.8 Å². The molecule has 5 nitrogen and oxygen atoms in total. The maximum atomic E-state index is 12.3. The summed E-state index contributed by atoms with van der Waals surface area (Å²) in [5.74, 6) is -0.148. The number of nitrogens with one attached hydrogen (secondary N) is 1. The van der Waals surface area contributed by atoms with Crippen LogP contribution in [0.5, 0.6) is 0 Å². The number of imide groups is 1. The maximum Gasteiger partial charge on any atom is 0.247 e. The zero-order chi connectivity index (χ0) is 14.0. The Hall–Kier alpha value is -0.750. The minimum Gasteiger partial charge on any atom is -0.304 e. The second kappa shape index (κ2) is 6.13. The summed E-state index contributed by atoms with van der Waals surface area (Å²) in [7, 11) is -0.913. The predicted octanol–water partition coefficient (Wildman–Crippen LogP) is 0.413. The highest BCUT2D eigenvalue weighted by Gasteiger charge is 2.42. The van der Waals surface area contributed by atoms with Crippen LogP contribution in [-0.4, -0.2) is 51.1 Å². The summed E-state index contributed by atoms with van der Waals surface area (Å²) in [5.41, 5.74) is 0. The van der Waals surface area contributed by atoms with Crippen LogP contribution in [0.4, 0.5) is 0 Å². The first-order valence-electron chi connectivity index (χ1n) is 6.92. The van der Waals surface area contributed by atoms with Gasteiger partial charge < -0.3 is 5.32 Å². The molecule has 1 saturated carbocycles. The summed E-state index contributed by atoms with van der Waals surface area (Å²) < 4.78 is 11.3. The van der Waals surface area contributed by atoms with Gasteiger partial charge in [0.2, 0.25) is 11.8 Å². The molecule has 0 aromatic rings. The van der Waals surface area contributed by atoms with Crippen molar-refractivity contribution in [3.8, 4) is 0 Å². The molecule has 3 unspecified atom stereocenters. The summed E-state index contributed by atoms with van der Waals surface area (Å²) in [6.07, 6.45) is 5.99. The van der Waals surface area contributed by atoms with E-state index >= 15 is 0 Å². The van der Waals surface area contributed by atoms with E-state index in [1.54, 1.807) is 6.26 Å². The molecular weight excluding hydrogens is 264 g/mol. The molecule has 0 aromatic carbocycles. The van der Waals surface area contributed by atoms with Gasteiger partial charge in [0.1, 0.15) is 0 Å². The molecule has 19 heavy (non-hydrogen) atoms. The van der Waals surface area contributed by atoms with Crippen LogP contribution in [-0.2, 0) is 20.4 Å². The van der Waals surface area contributed by atoms with E-state index in [9.17, 15) is 13.8 Å². The summed E-state index contributed by atoms with van der Waals surface area (Å²) in [5, 5.41) is 3.08. The third-order valence-electron chi connectivity index (χ3n) is 4.09. The molecule has 0 bridgehead atoms. The molecule has 0 spiro atoms. The minimum absolute atomic E-state index is 0.0107. The molecule has 1 heterocycles. The zero-order valence-corrected chi connectivity index (χ0v) is 12.4. The van der Waals surface area contributed by atoms with E-state index in [1.807, 2.05) is 6.92 Å². The van der Waals surface area contributed by atoms with Gasteiger partial charge in [0.05, 0.1) is 12.5 Å². The van der Waals surface area contributed by atoms with Gasteiger partial charge in [-0.05, 0) is 19.8 Å². The van der Waals surface area contributed by atoms with Gasteiger partial charge in [-0.15, -0.1) is 0 Å². The zero-order valence-electron chi connectivity index (χ0n) is 11.6. The van der Waals surface area contributed by atoms with Crippen LogP contribution in [0.15, 0.2) is 0 Å². The van der Waals surface area contributed by atoms with Crippen molar-refractivity contribution >= 4 is 22.6 Å². The largest absolute Gasteiger partial charge is 0.304 e. The molecule has 2 aliphatic rings. The lowest BCUT2D eigenvalue weighted by molar-refractivity contribution is -0.141. The molecule has 3 atom stereocenters. The Bertz CT molecular complexity index is 393. The molecule has 2 amide bonds. The van der Waals surface area contributed by atoms with Crippen molar-refractivity contribution in [2.24, 2.45) is 0 Å². The van der Waals surface area contributed by atoms with Crippen molar-refractivity contribution in [2.45, 2.75) is 56.4 Å². The number of carbonyl (C=O) groups is 2. The van der Waals surface area contributed by atoms with E-state index in [-0.39, 0.29) is 29.5 Å². The molecule has 6 heteroatoms. The van der Waals surface area contributed by atoms with E-state index < -0.39 is 16.8 Å². The van der Waals surface area contributed by atoms with Gasteiger partial charge in [0.15, 0.2) is 0 Å². The van der Waals surface area contributed by atoms with Crippen molar-refractivity contribution in [3.63, 3.8) is 0 Å². The first-order chi connectivity index (χ1) is 9.00. The summed E-state index contributed by atoms with van der Waals surface area (Å²) in [4.78, 5) is 25.7. The molecule has 0 radical (unpaired) electrons. The molecule has 0 aromatic heterocycles. The van der Waals surface area contributed by atoms with Crippen molar-refractivity contribution in [3.05, 3.63) is 0 Å². The molecule has 2 fully saturated rings. The number of amides is 2. The van der Waals surface area contributed by atoms with E-state index in [4.69, 9.17) is 0 Å². The Morgan fingerprint density at radius 3 is 2.58 bits per heavy atom. The summed E-state index contributed by atoms with van der Waals surface area (Å²) in [6.45, 7) is 2.38. The fourth-order valence-corrected chi connectivity index (χ4v) is 3.11. The first-order valence-corrected chi connectivity index (χ1v) is 8.54. The average Bonchev–Trinajstić information content (AvgIpc) is 2.95. The third-order valence-corrected chi connectivity index (χ3v) is 5.39. The monoisotopic (exact) mass is 286 g/mol. The van der Waals surface area contributed by atoms with Gasteiger partial charge in [-0.3, -0.25) is 18.7 Å². The fraction of sp³-hybridized carbons (Fsp3) is 0.846. The first kappa shape index (κ1) is 14.7. The Kier molecular flexibility index (Phi) is 4.73. The smallest absolute Gasteiger partial charge is 0.247 e. The fourth-order valence-electron chi connectivity index (χ4n) is 2.78. The van der Waals surface area contributed by atoms with Crippen LogP contribution >= 0.6 is 0 Å². The number of hydrogen-bond donors (Lipinski definition) is 1. The van der Waals surface area contributed by atoms with Crippen LogP contribution in [0.2, 0.25) is 0 Å². The van der Waals surface area contributed by atoms with Crippen LogP contribution < -0.4 is 5.32 Å². The Labute approximate surface area is 116 Å². The highest BCUT2D eigenvalue weighted by molar-refractivity contribution is 7.84. The number of rotatable bonds is 5. The van der Waals surface area contributed by atoms with Crippen molar-refractivity contribution in [1.82, 2.24) is 10.2 Å². The molecule has 108 valence electrons. The quantitative estimate of drug-likeness (QED) is 0.744. The molecule has 2 rings (SSSR count). The molecular formula is C13H22N2O3S. The molecule has 1 aliphatic carbocycles. The Morgan fingerprint density at radius 2 is 2.00 bits per heavy atom. The number of likely N-dealkylation sites (tertiary alicyclic amines) is 1. The van der Waals surface area contributed by atoms with Crippen molar-refractivity contribution < 1.29 is 13.8 Å². The SMILES string of the molecule is CC(CNC1CC(=O)N(C2CCCC2)C1=O)S(C)=O. The lowest BCUT2D eigenvalue weighted by atomic mass is 10.2. The van der Waals surface area contributed by atoms with E-state index in [0.29, 0.717) is 6.54 Å². The lowest BCUT2D eigenvalue weighted by Gasteiger charge is -2.22. The number of carbonyl (C=O) groups excluding carboxylic acids is 2. The van der Waals surface area contributed by atoms with Crippen LogP contribution in [0.1, 0.15) is 39.0 Å². The van der Waals surface area contributed by atoms with Gasteiger partial charge in [0.25, 0.3) is 0 Å². The van der Waals surface area contributed by atoms with E-state index in [2.05, 4.69) is 5.32 Å². The van der Waals surface area contributed by atoms with Gasteiger partial charge in [-0.2, -0.15) is 0 Å². The Morgan fingerprint density at radius 1 is 1.37 bits per heavy atom. The number of hydrogen-bond acceptors (Lipinski definition) is 4. The standard InChI is InChI=1S/C13H22N2O3S/c1-9(19(2)18)8-14-11-7-12(16)15(13(11)17)10-5-3-4-6-10/h9-11,14H,3-8H2,1-2H3. The minimum atomic E-state index is -0.913. The normalized spacial score (nSPS) is 28.1. The van der Waals surface area contributed by atoms with Gasteiger partial charge in [-0.25, -0.2) is 0 Å². The van der Waals surface area contributed by atoms with Gasteiger partial charge in [-0.1, -0.05) is 12.8 Å². The summed E-state index contributed by atoms with van der Waals surface area (Å²) in [6, 6.07) is -0.302. The average molecular weight is 286 g/mol. The highest BCUT2D eigenvalue weighted by atomic mass is 32.2. The predicted molar refractivity (Wildman–Crippen MR) is 74.0 cm³/mol. The second-order valence-corrected chi connectivity index (χ2v) is 7.32. The van der Waals surface area contributed by atoms with Crippen LogP contribution in [0.3, 0.4) is 0 Å². The van der Waals surface area contributed by atoms with E-state index in [1.165, 1.54) is 4.90 Å². The number of nitrogens with zero attached hydrogens (tertiary/aromatic N) is 1. The molecule has 1 saturated heterocycles. The van der Waals surface area contributed by atoms with Crippen LogP contribution in [0.25, 0.3) is 0 Å². The Balaban J connectivity index is 1.92. The third kappa shape index (κ3) is 3.23. The summed E-state index contributed by atoms with van der Waals surface area (Å²) >= 11 is 0. The highest BCUT2D eigenvalue weighted by Crippen LogP contribution is 2.28. The van der Waals surface area contributed by atoms with Gasteiger partial charge in [0, 0.05) is 34.9 Å². The van der Waals surface area contributed by atoms with Crippen molar-refractivity contribution in [1.29, 1.82) is 0 Å². The maximum absolute atomic E-state index is 12.3.